The van der Waals surface area contributed by atoms with Gasteiger partial charge < -0.3 is 9.64 Å². The molecule has 1 fully saturated rings. The van der Waals surface area contributed by atoms with E-state index in [-0.39, 0.29) is 18.4 Å². The van der Waals surface area contributed by atoms with Crippen molar-refractivity contribution in [2.45, 2.75) is 19.8 Å². The molecule has 0 spiro atoms. The first-order valence-corrected chi connectivity index (χ1v) is 10.8. The smallest absolute Gasteiger partial charge is 0.264 e. The molecule has 0 atom stereocenters. The number of thiazole rings is 1. The average Bonchev–Trinajstić information content (AvgIpc) is 3.32. The number of hydrogen-bond donors (Lipinski definition) is 1. The summed E-state index contributed by atoms with van der Waals surface area (Å²) in [5.74, 6) is 0.419. The Labute approximate surface area is 183 Å². The summed E-state index contributed by atoms with van der Waals surface area (Å²) in [6, 6.07) is 14.6. The lowest BCUT2D eigenvalue weighted by molar-refractivity contribution is -0.118. The zero-order chi connectivity index (χ0) is 21.1. The van der Waals surface area contributed by atoms with Crippen LogP contribution < -0.4 is 15.0 Å². The number of halogens is 1. The lowest BCUT2D eigenvalue weighted by Gasteiger charge is -2.16. The lowest BCUT2D eigenvalue weighted by Crippen LogP contribution is -2.23. The van der Waals surface area contributed by atoms with E-state index < -0.39 is 0 Å². The summed E-state index contributed by atoms with van der Waals surface area (Å²) in [7, 11) is 0. The number of nitrogens with one attached hydrogen (secondary N) is 1. The molecule has 1 aliphatic rings. The molecule has 1 saturated heterocycles. The van der Waals surface area contributed by atoms with Crippen molar-refractivity contribution in [3.05, 3.63) is 58.4 Å². The zero-order valence-electron chi connectivity index (χ0n) is 16.4. The minimum atomic E-state index is -0.287. The van der Waals surface area contributed by atoms with Gasteiger partial charge in [-0.1, -0.05) is 23.7 Å². The van der Waals surface area contributed by atoms with E-state index in [2.05, 4.69) is 10.3 Å². The topological polar surface area (TPSA) is 71.5 Å². The zero-order valence-corrected chi connectivity index (χ0v) is 17.9. The van der Waals surface area contributed by atoms with Crippen molar-refractivity contribution >= 4 is 45.6 Å². The quantitative estimate of drug-likeness (QED) is 0.589. The number of benzene rings is 2. The van der Waals surface area contributed by atoms with Crippen LogP contribution in [0.2, 0.25) is 5.02 Å². The molecule has 1 aromatic heterocycles. The highest BCUT2D eigenvalue weighted by molar-refractivity contribution is 7.16. The predicted molar refractivity (Wildman–Crippen MR) is 119 cm³/mol. The van der Waals surface area contributed by atoms with E-state index in [0.717, 1.165) is 34.8 Å². The number of carbonyl (C=O) groups excluding carboxylic acids is 2. The minimum Gasteiger partial charge on any atom is -0.484 e. The Morgan fingerprint density at radius 2 is 1.93 bits per heavy atom. The second-order valence-electron chi connectivity index (χ2n) is 6.91. The fraction of sp³-hybridized carbons (Fsp3) is 0.227. The molecular formula is C22H20ClN3O3S. The van der Waals surface area contributed by atoms with Crippen LogP contribution in [0.3, 0.4) is 0 Å². The Kier molecular flexibility index (Phi) is 6.01. The second kappa shape index (κ2) is 8.85. The van der Waals surface area contributed by atoms with E-state index in [9.17, 15) is 9.59 Å². The number of ether oxygens (including phenoxy) is 1. The van der Waals surface area contributed by atoms with Gasteiger partial charge in [-0.25, -0.2) is 4.98 Å². The molecule has 30 heavy (non-hydrogen) atoms. The maximum Gasteiger partial charge on any atom is 0.264 e. The van der Waals surface area contributed by atoms with Crippen molar-refractivity contribution in [3.63, 3.8) is 0 Å². The molecule has 1 N–H and O–H groups in total. The second-order valence-corrected chi connectivity index (χ2v) is 8.55. The third-order valence-electron chi connectivity index (χ3n) is 4.75. The predicted octanol–water partition coefficient (Wildman–Crippen LogP) is 4.92. The first kappa shape index (κ1) is 20.4. The van der Waals surface area contributed by atoms with Gasteiger partial charge in [0.15, 0.2) is 11.7 Å². The summed E-state index contributed by atoms with van der Waals surface area (Å²) in [5, 5.41) is 3.97. The van der Waals surface area contributed by atoms with Crippen molar-refractivity contribution in [2.75, 3.05) is 23.4 Å². The molecule has 0 aliphatic carbocycles. The van der Waals surface area contributed by atoms with Crippen LogP contribution in [0.5, 0.6) is 5.75 Å². The number of rotatable bonds is 6. The van der Waals surface area contributed by atoms with Gasteiger partial charge in [-0.05, 0) is 49.7 Å². The Hall–Kier alpha value is -2.90. The van der Waals surface area contributed by atoms with Gasteiger partial charge in [0, 0.05) is 34.1 Å². The Morgan fingerprint density at radius 1 is 1.20 bits per heavy atom. The van der Waals surface area contributed by atoms with E-state index in [1.807, 2.05) is 43.3 Å². The monoisotopic (exact) mass is 441 g/mol. The van der Waals surface area contributed by atoms with E-state index in [1.165, 1.54) is 11.3 Å². The van der Waals surface area contributed by atoms with Gasteiger partial charge in [-0.3, -0.25) is 14.9 Å². The summed E-state index contributed by atoms with van der Waals surface area (Å²) < 4.78 is 5.57. The normalized spacial score (nSPS) is 13.5. The Balaban J connectivity index is 1.33. The van der Waals surface area contributed by atoms with E-state index in [4.69, 9.17) is 16.3 Å². The molecule has 3 aromatic rings. The molecule has 4 rings (SSSR count). The van der Waals surface area contributed by atoms with Crippen molar-refractivity contribution in [1.82, 2.24) is 4.98 Å². The van der Waals surface area contributed by atoms with Crippen molar-refractivity contribution < 1.29 is 14.3 Å². The average molecular weight is 442 g/mol. The van der Waals surface area contributed by atoms with Gasteiger partial charge in [-0.15, -0.1) is 11.3 Å². The van der Waals surface area contributed by atoms with E-state index in [0.29, 0.717) is 22.3 Å². The van der Waals surface area contributed by atoms with Crippen LogP contribution in [0.25, 0.3) is 11.3 Å². The van der Waals surface area contributed by atoms with E-state index in [1.54, 1.807) is 17.0 Å². The fourth-order valence-corrected chi connectivity index (χ4v) is 4.25. The molecule has 0 unspecified atom stereocenters. The molecular weight excluding hydrogens is 422 g/mol. The van der Waals surface area contributed by atoms with Gasteiger partial charge in [0.05, 0.1) is 5.69 Å². The molecule has 0 radical (unpaired) electrons. The summed E-state index contributed by atoms with van der Waals surface area (Å²) >= 11 is 7.35. The van der Waals surface area contributed by atoms with Gasteiger partial charge >= 0.3 is 0 Å². The minimum absolute atomic E-state index is 0.128. The summed E-state index contributed by atoms with van der Waals surface area (Å²) in [6.07, 6.45) is 1.47. The van der Waals surface area contributed by atoms with Gasteiger partial charge in [-0.2, -0.15) is 0 Å². The largest absolute Gasteiger partial charge is 0.484 e. The van der Waals surface area contributed by atoms with Crippen LogP contribution in [0.15, 0.2) is 48.5 Å². The molecule has 2 heterocycles. The third-order valence-corrected chi connectivity index (χ3v) is 5.89. The SMILES string of the molecule is Cc1sc(NC(=O)COc2ccc(N3CCCC3=O)cc2)nc1-c1ccc(Cl)cc1. The molecule has 154 valence electrons. The first-order valence-electron chi connectivity index (χ1n) is 9.56. The van der Waals surface area contributed by atoms with Crippen LogP contribution in [0, 0.1) is 6.92 Å². The van der Waals surface area contributed by atoms with Gasteiger partial charge in [0.25, 0.3) is 5.91 Å². The van der Waals surface area contributed by atoms with Crippen LogP contribution in [-0.4, -0.2) is 29.9 Å². The maximum absolute atomic E-state index is 12.3. The number of nitrogens with zero attached hydrogens (tertiary/aromatic N) is 2. The Bertz CT molecular complexity index is 1060. The molecule has 0 saturated carbocycles. The number of aromatic nitrogens is 1. The van der Waals surface area contributed by atoms with Crippen molar-refractivity contribution in [1.29, 1.82) is 0 Å². The van der Waals surface area contributed by atoms with Crippen LogP contribution in [0.4, 0.5) is 10.8 Å². The number of anilines is 2. The highest BCUT2D eigenvalue weighted by Gasteiger charge is 2.21. The van der Waals surface area contributed by atoms with E-state index >= 15 is 0 Å². The highest BCUT2D eigenvalue weighted by Crippen LogP contribution is 2.31. The molecule has 2 aromatic carbocycles. The van der Waals surface area contributed by atoms with Crippen LogP contribution in [-0.2, 0) is 9.59 Å². The molecule has 8 heteroatoms. The third kappa shape index (κ3) is 4.63. The number of aryl methyl sites for hydroxylation is 1. The number of carbonyl (C=O) groups is 2. The summed E-state index contributed by atoms with van der Waals surface area (Å²) in [4.78, 5) is 31.4. The molecule has 0 bridgehead atoms. The van der Waals surface area contributed by atoms with Crippen molar-refractivity contribution in [2.24, 2.45) is 0 Å². The van der Waals surface area contributed by atoms with Crippen molar-refractivity contribution in [3.8, 4) is 17.0 Å². The van der Waals surface area contributed by atoms with Gasteiger partial charge in [0.2, 0.25) is 5.91 Å². The first-order chi connectivity index (χ1) is 14.5. The number of hydrogen-bond acceptors (Lipinski definition) is 5. The lowest BCUT2D eigenvalue weighted by atomic mass is 10.1. The molecule has 2 amide bonds. The number of amides is 2. The molecule has 6 nitrogen and oxygen atoms in total. The van der Waals surface area contributed by atoms with Crippen LogP contribution >= 0.6 is 22.9 Å². The standard InChI is InChI=1S/C22H20ClN3O3S/c1-14-21(15-4-6-16(23)7-5-15)25-22(30-14)24-19(27)13-29-18-10-8-17(9-11-18)26-12-2-3-20(26)28/h4-11H,2-3,12-13H2,1H3,(H,24,25,27). The highest BCUT2D eigenvalue weighted by atomic mass is 35.5. The molecule has 1 aliphatic heterocycles. The summed E-state index contributed by atoms with van der Waals surface area (Å²) in [5.41, 5.74) is 2.61. The van der Waals surface area contributed by atoms with Crippen LogP contribution in [0.1, 0.15) is 17.7 Å². The van der Waals surface area contributed by atoms with Gasteiger partial charge in [0.1, 0.15) is 5.75 Å². The summed E-state index contributed by atoms with van der Waals surface area (Å²) in [6.45, 7) is 2.57. The fourth-order valence-electron chi connectivity index (χ4n) is 3.27. The maximum atomic E-state index is 12.3. The Morgan fingerprint density at radius 3 is 2.60 bits per heavy atom.